The molecule has 0 amide bonds. The van der Waals surface area contributed by atoms with E-state index in [1.54, 1.807) is 33.7 Å². The van der Waals surface area contributed by atoms with Crippen LogP contribution in [0.4, 0.5) is 0 Å². The zero-order chi connectivity index (χ0) is 24.9. The number of methoxy groups -OCH3 is 3. The minimum Gasteiger partial charge on any atom is -0.497 e. The molecule has 0 atom stereocenters. The van der Waals surface area contributed by atoms with Gasteiger partial charge in [-0.2, -0.15) is 0 Å². The molecule has 0 aliphatic carbocycles. The van der Waals surface area contributed by atoms with E-state index in [4.69, 9.17) is 14.2 Å². The number of fused-ring (bicyclic) bond motifs is 3. The zero-order valence-electron chi connectivity index (χ0n) is 20.1. The van der Waals surface area contributed by atoms with Crippen molar-refractivity contribution in [3.8, 4) is 40.9 Å². The summed E-state index contributed by atoms with van der Waals surface area (Å²) in [5, 5.41) is 1.79. The van der Waals surface area contributed by atoms with Crippen molar-refractivity contribution in [2.75, 3.05) is 21.3 Å². The summed E-state index contributed by atoms with van der Waals surface area (Å²) in [6, 6.07) is 21.0. The van der Waals surface area contributed by atoms with Gasteiger partial charge in [-0.3, -0.25) is 9.97 Å². The fourth-order valence-corrected chi connectivity index (χ4v) is 3.94. The summed E-state index contributed by atoms with van der Waals surface area (Å²) in [6.07, 6.45) is 3.54. The van der Waals surface area contributed by atoms with E-state index in [1.165, 1.54) is 0 Å². The van der Waals surface area contributed by atoms with E-state index >= 15 is 0 Å². The molecule has 0 radical (unpaired) electrons. The first kappa shape index (κ1) is 22.8. The second kappa shape index (κ2) is 10.1. The standard InChI is InChI=1S/C31H22N2O3/c1-34-23-12-8-21(9-13-23)10-14-26-27(15-11-22-18-24(35-2)20-25(19-22)36-3)29-7-5-17-33-31(29)30-28(26)6-4-16-32-30/h4-9,12-13,16-20H,1-3H3. The van der Waals surface area contributed by atoms with Crippen LogP contribution in [0.5, 0.6) is 17.2 Å². The number of hydrogen-bond donors (Lipinski definition) is 0. The van der Waals surface area contributed by atoms with Gasteiger partial charge in [0.25, 0.3) is 0 Å². The second-order valence-electron chi connectivity index (χ2n) is 7.88. The number of nitrogens with zero attached hydrogens (tertiary/aromatic N) is 2. The van der Waals surface area contributed by atoms with Crippen LogP contribution in [0.1, 0.15) is 22.3 Å². The minimum absolute atomic E-state index is 0.674. The van der Waals surface area contributed by atoms with Gasteiger partial charge in [-0.25, -0.2) is 0 Å². The predicted molar refractivity (Wildman–Crippen MR) is 142 cm³/mol. The average molecular weight is 471 g/mol. The Morgan fingerprint density at radius 3 is 1.53 bits per heavy atom. The van der Waals surface area contributed by atoms with E-state index in [2.05, 4.69) is 33.6 Å². The molecule has 0 aliphatic heterocycles. The second-order valence-corrected chi connectivity index (χ2v) is 7.88. The SMILES string of the molecule is COc1ccc(C#Cc2c(C#Cc3cc(OC)cc(OC)c3)c3cccnc3c3ncccc23)cc1. The highest BCUT2D eigenvalue weighted by Crippen LogP contribution is 2.30. The lowest BCUT2D eigenvalue weighted by Gasteiger charge is -2.09. The average Bonchev–Trinajstić information content (AvgIpc) is 2.95. The van der Waals surface area contributed by atoms with Gasteiger partial charge in [0.1, 0.15) is 17.2 Å². The van der Waals surface area contributed by atoms with Crippen LogP contribution in [0.3, 0.4) is 0 Å². The molecule has 0 spiro atoms. The molecule has 0 unspecified atom stereocenters. The number of pyridine rings is 2. The molecule has 5 heteroatoms. The molecule has 0 saturated heterocycles. The van der Waals surface area contributed by atoms with Crippen LogP contribution in [-0.2, 0) is 0 Å². The quantitative estimate of drug-likeness (QED) is 0.254. The van der Waals surface area contributed by atoms with E-state index in [9.17, 15) is 0 Å². The van der Waals surface area contributed by atoms with Crippen LogP contribution in [0.25, 0.3) is 21.8 Å². The Morgan fingerprint density at radius 2 is 1.03 bits per heavy atom. The van der Waals surface area contributed by atoms with Crippen LogP contribution in [0.15, 0.2) is 79.1 Å². The third kappa shape index (κ3) is 4.51. The normalized spacial score (nSPS) is 10.2. The Morgan fingerprint density at radius 1 is 0.528 bits per heavy atom. The number of hydrogen-bond acceptors (Lipinski definition) is 5. The number of aromatic nitrogens is 2. The first-order valence-electron chi connectivity index (χ1n) is 11.3. The van der Waals surface area contributed by atoms with E-state index in [0.717, 1.165) is 49.8 Å². The third-order valence-electron chi connectivity index (χ3n) is 5.73. The molecular formula is C31H22N2O3. The molecule has 174 valence electrons. The zero-order valence-corrected chi connectivity index (χ0v) is 20.1. The summed E-state index contributed by atoms with van der Waals surface area (Å²) in [4.78, 5) is 9.25. The molecule has 0 fully saturated rings. The van der Waals surface area contributed by atoms with E-state index in [-0.39, 0.29) is 0 Å². The van der Waals surface area contributed by atoms with Crippen molar-refractivity contribution >= 4 is 21.8 Å². The molecule has 5 aromatic rings. The Hall–Kier alpha value is -5.00. The highest BCUT2D eigenvalue weighted by Gasteiger charge is 2.13. The largest absolute Gasteiger partial charge is 0.497 e. The maximum absolute atomic E-state index is 5.41. The molecular weight excluding hydrogens is 448 g/mol. The van der Waals surface area contributed by atoms with Crippen LogP contribution in [0, 0.1) is 23.7 Å². The van der Waals surface area contributed by atoms with E-state index in [0.29, 0.717) is 11.5 Å². The molecule has 5 rings (SSSR count). The number of benzene rings is 3. The lowest BCUT2D eigenvalue weighted by molar-refractivity contribution is 0.394. The topological polar surface area (TPSA) is 53.5 Å². The predicted octanol–water partition coefficient (Wildman–Crippen LogP) is 5.61. The summed E-state index contributed by atoms with van der Waals surface area (Å²) in [5.74, 6) is 15.4. The van der Waals surface area contributed by atoms with Crippen LogP contribution < -0.4 is 14.2 Å². The Kier molecular flexibility index (Phi) is 6.38. The number of rotatable bonds is 3. The monoisotopic (exact) mass is 470 g/mol. The third-order valence-corrected chi connectivity index (χ3v) is 5.73. The van der Waals surface area contributed by atoms with Crippen LogP contribution in [0.2, 0.25) is 0 Å². The summed E-state index contributed by atoms with van der Waals surface area (Å²) in [6.45, 7) is 0. The van der Waals surface area contributed by atoms with Crippen molar-refractivity contribution in [2.45, 2.75) is 0 Å². The van der Waals surface area contributed by atoms with E-state index < -0.39 is 0 Å². The molecule has 36 heavy (non-hydrogen) atoms. The van der Waals surface area contributed by atoms with Crippen molar-refractivity contribution in [2.24, 2.45) is 0 Å². The summed E-state index contributed by atoms with van der Waals surface area (Å²) in [7, 11) is 4.88. The van der Waals surface area contributed by atoms with Crippen molar-refractivity contribution in [3.05, 3.63) is 101 Å². The van der Waals surface area contributed by atoms with Crippen LogP contribution >= 0.6 is 0 Å². The molecule has 0 aliphatic rings. The molecule has 5 nitrogen and oxygen atoms in total. The molecule has 2 aromatic heterocycles. The first-order valence-corrected chi connectivity index (χ1v) is 11.3. The Bertz CT molecular complexity index is 1680. The molecule has 3 aromatic carbocycles. The van der Waals surface area contributed by atoms with E-state index in [1.807, 2.05) is 66.7 Å². The van der Waals surface area contributed by atoms with Gasteiger partial charge in [0.05, 0.1) is 43.5 Å². The highest BCUT2D eigenvalue weighted by molar-refractivity contribution is 6.09. The number of ether oxygens (including phenoxy) is 3. The Balaban J connectivity index is 1.76. The smallest absolute Gasteiger partial charge is 0.123 e. The molecule has 0 saturated carbocycles. The summed E-state index contributed by atoms with van der Waals surface area (Å²) >= 11 is 0. The van der Waals surface area contributed by atoms with Crippen molar-refractivity contribution in [1.82, 2.24) is 9.97 Å². The van der Waals surface area contributed by atoms with Gasteiger partial charge in [-0.1, -0.05) is 23.7 Å². The van der Waals surface area contributed by atoms with Crippen molar-refractivity contribution in [3.63, 3.8) is 0 Å². The van der Waals surface area contributed by atoms with Gasteiger partial charge in [-0.05, 0) is 60.7 Å². The van der Waals surface area contributed by atoms with Gasteiger partial charge < -0.3 is 14.2 Å². The summed E-state index contributed by atoms with van der Waals surface area (Å²) in [5.41, 5.74) is 4.81. The maximum Gasteiger partial charge on any atom is 0.123 e. The van der Waals surface area contributed by atoms with Crippen molar-refractivity contribution < 1.29 is 14.2 Å². The first-order chi connectivity index (χ1) is 17.7. The summed E-state index contributed by atoms with van der Waals surface area (Å²) < 4.78 is 16.1. The van der Waals surface area contributed by atoms with Gasteiger partial charge in [0.15, 0.2) is 0 Å². The highest BCUT2D eigenvalue weighted by atomic mass is 16.5. The molecule has 0 bridgehead atoms. The van der Waals surface area contributed by atoms with Crippen LogP contribution in [-0.4, -0.2) is 31.3 Å². The van der Waals surface area contributed by atoms with Gasteiger partial charge in [-0.15, -0.1) is 0 Å². The van der Waals surface area contributed by atoms with Crippen molar-refractivity contribution in [1.29, 1.82) is 0 Å². The fourth-order valence-electron chi connectivity index (χ4n) is 3.94. The van der Waals surface area contributed by atoms with Gasteiger partial charge >= 0.3 is 0 Å². The lowest BCUT2D eigenvalue weighted by atomic mass is 9.96. The lowest BCUT2D eigenvalue weighted by Crippen LogP contribution is -1.95. The minimum atomic E-state index is 0.674. The maximum atomic E-state index is 5.41. The molecule has 0 N–H and O–H groups in total. The van der Waals surface area contributed by atoms with Gasteiger partial charge in [0.2, 0.25) is 0 Å². The molecule has 2 heterocycles. The van der Waals surface area contributed by atoms with Gasteiger partial charge in [0, 0.05) is 40.4 Å². The Labute approximate surface area is 209 Å². The fraction of sp³-hybridized carbons (Fsp3) is 0.0968.